The van der Waals surface area contributed by atoms with E-state index in [1.54, 1.807) is 25.1 Å². The summed E-state index contributed by atoms with van der Waals surface area (Å²) in [6.07, 6.45) is 3.17. The number of carbonyl (C=O) groups is 1. The van der Waals surface area contributed by atoms with Gasteiger partial charge >= 0.3 is 0 Å². The normalized spacial score (nSPS) is 16.6. The third-order valence-electron chi connectivity index (χ3n) is 5.81. The zero-order valence-corrected chi connectivity index (χ0v) is 17.4. The number of amides is 1. The Morgan fingerprint density at radius 2 is 2.00 bits per heavy atom. The molecule has 3 heterocycles. The number of hydrogen-bond acceptors (Lipinski definition) is 5. The molecule has 4 aromatic rings. The lowest BCUT2D eigenvalue weighted by Gasteiger charge is -2.35. The molecule has 1 saturated heterocycles. The average Bonchev–Trinajstić information content (AvgIpc) is 3.39. The molecule has 9 heteroatoms. The van der Waals surface area contributed by atoms with Crippen LogP contribution in [0.3, 0.4) is 0 Å². The summed E-state index contributed by atoms with van der Waals surface area (Å²) in [4.78, 5) is 27.2. The molecule has 2 aromatic heterocycles. The minimum Gasteiger partial charge on any atom is -0.342 e. The van der Waals surface area contributed by atoms with Gasteiger partial charge < -0.3 is 14.4 Å². The van der Waals surface area contributed by atoms with Crippen LogP contribution in [-0.2, 0) is 6.42 Å². The topological polar surface area (TPSA) is 87.9 Å². The van der Waals surface area contributed by atoms with Gasteiger partial charge in [0.25, 0.3) is 11.8 Å². The summed E-state index contributed by atoms with van der Waals surface area (Å²) in [6, 6.07) is 9.28. The third kappa shape index (κ3) is 3.74. The van der Waals surface area contributed by atoms with Crippen LogP contribution in [0.2, 0.25) is 0 Å². The lowest BCUT2D eigenvalue weighted by atomic mass is 9.96. The van der Waals surface area contributed by atoms with Gasteiger partial charge in [-0.25, -0.2) is 13.8 Å². The van der Waals surface area contributed by atoms with Crippen molar-refractivity contribution in [1.29, 1.82) is 0 Å². The van der Waals surface area contributed by atoms with Crippen molar-refractivity contribution < 1.29 is 18.1 Å². The Morgan fingerprint density at radius 3 is 2.81 bits per heavy atom. The van der Waals surface area contributed by atoms with Gasteiger partial charge in [0.05, 0.1) is 22.2 Å². The predicted molar refractivity (Wildman–Crippen MR) is 113 cm³/mol. The molecule has 5 rings (SSSR count). The van der Waals surface area contributed by atoms with Crippen LogP contribution in [0.15, 0.2) is 40.9 Å². The van der Waals surface area contributed by atoms with E-state index >= 15 is 0 Å². The number of imidazole rings is 1. The molecular weight excluding hydrogens is 416 g/mol. The first-order valence-corrected chi connectivity index (χ1v) is 10.5. The number of piperidine rings is 1. The molecule has 0 spiro atoms. The molecule has 1 aliphatic rings. The van der Waals surface area contributed by atoms with Gasteiger partial charge in [0.1, 0.15) is 5.82 Å². The molecule has 1 unspecified atom stereocenters. The fourth-order valence-corrected chi connectivity index (χ4v) is 4.28. The number of aromatic nitrogens is 4. The van der Waals surface area contributed by atoms with E-state index in [0.717, 1.165) is 31.4 Å². The monoisotopic (exact) mass is 437 g/mol. The van der Waals surface area contributed by atoms with Crippen molar-refractivity contribution in [2.24, 2.45) is 0 Å². The van der Waals surface area contributed by atoms with Gasteiger partial charge in [0.2, 0.25) is 0 Å². The van der Waals surface area contributed by atoms with Crippen LogP contribution in [0.4, 0.5) is 8.78 Å². The van der Waals surface area contributed by atoms with Crippen LogP contribution in [0.1, 0.15) is 41.3 Å². The number of aromatic amines is 1. The lowest BCUT2D eigenvalue weighted by molar-refractivity contribution is 0.0612. The van der Waals surface area contributed by atoms with Gasteiger partial charge in [-0.2, -0.15) is 4.98 Å². The van der Waals surface area contributed by atoms with Crippen molar-refractivity contribution in [3.63, 3.8) is 0 Å². The maximum atomic E-state index is 13.6. The lowest BCUT2D eigenvalue weighted by Crippen LogP contribution is -2.45. The number of rotatable bonds is 4. The number of nitrogens with one attached hydrogen (secondary N) is 1. The van der Waals surface area contributed by atoms with E-state index in [0.29, 0.717) is 52.7 Å². The molecule has 1 fully saturated rings. The number of carbonyl (C=O) groups excluding carboxylic acids is 1. The summed E-state index contributed by atoms with van der Waals surface area (Å²) in [5.41, 5.74) is 1.89. The van der Waals surface area contributed by atoms with Crippen molar-refractivity contribution >= 4 is 16.9 Å². The second kappa shape index (κ2) is 8.14. The molecule has 0 bridgehead atoms. The van der Waals surface area contributed by atoms with Crippen LogP contribution in [0.25, 0.3) is 22.5 Å². The summed E-state index contributed by atoms with van der Waals surface area (Å²) in [6.45, 7) is 2.34. The van der Waals surface area contributed by atoms with Gasteiger partial charge in [-0.3, -0.25) is 4.79 Å². The average molecular weight is 437 g/mol. The number of hydrogen-bond donors (Lipinski definition) is 1. The highest BCUT2D eigenvalue weighted by Gasteiger charge is 2.30. The molecule has 1 aliphatic heterocycles. The highest BCUT2D eigenvalue weighted by atomic mass is 19.2. The Morgan fingerprint density at radius 1 is 1.19 bits per heavy atom. The molecule has 1 N–H and O–H groups in total. The Kier molecular flexibility index (Phi) is 5.16. The molecule has 164 valence electrons. The molecular formula is C23H21F2N5O2. The number of halogens is 2. The molecule has 2 aromatic carbocycles. The van der Waals surface area contributed by atoms with E-state index < -0.39 is 11.6 Å². The molecule has 0 saturated carbocycles. The molecule has 0 aliphatic carbocycles. The molecule has 0 radical (unpaired) electrons. The highest BCUT2D eigenvalue weighted by molar-refractivity contribution is 6.00. The van der Waals surface area contributed by atoms with Crippen LogP contribution in [0, 0.1) is 18.6 Å². The second-order valence-electron chi connectivity index (χ2n) is 8.01. The third-order valence-corrected chi connectivity index (χ3v) is 5.81. The standard InChI is InChI=1S/C23H21F2N5O2/c1-13-26-22(32-29-13)15-7-2-3-8-16(15)23(31)30-9-5-4-6-14(30)10-21-27-19-11-17(24)18(25)12-20(19)28-21/h2-3,7-8,11-12,14H,4-6,9-10H2,1H3,(H,27,28). The van der Waals surface area contributed by atoms with Crippen molar-refractivity contribution in [2.75, 3.05) is 6.54 Å². The van der Waals surface area contributed by atoms with E-state index in [2.05, 4.69) is 20.1 Å². The first-order chi connectivity index (χ1) is 15.5. The summed E-state index contributed by atoms with van der Waals surface area (Å²) in [5.74, 6) is -0.574. The van der Waals surface area contributed by atoms with Gasteiger partial charge in [-0.15, -0.1) is 0 Å². The van der Waals surface area contributed by atoms with Gasteiger partial charge in [0, 0.05) is 31.1 Å². The predicted octanol–water partition coefficient (Wildman–Crippen LogP) is 4.44. The minimum atomic E-state index is -0.933. The van der Waals surface area contributed by atoms with E-state index in [9.17, 15) is 13.6 Å². The largest absolute Gasteiger partial charge is 0.342 e. The zero-order valence-electron chi connectivity index (χ0n) is 17.4. The smallest absolute Gasteiger partial charge is 0.258 e. The van der Waals surface area contributed by atoms with Crippen LogP contribution < -0.4 is 0 Å². The summed E-state index contributed by atoms with van der Waals surface area (Å²) >= 11 is 0. The Balaban J connectivity index is 1.44. The SMILES string of the molecule is Cc1noc(-c2ccccc2C(=O)N2CCCCC2Cc2nc3cc(F)c(F)cc3[nH]2)n1. The number of benzene rings is 2. The van der Waals surface area contributed by atoms with E-state index in [4.69, 9.17) is 4.52 Å². The number of aryl methyl sites for hydroxylation is 1. The number of fused-ring (bicyclic) bond motifs is 1. The van der Waals surface area contributed by atoms with Crippen molar-refractivity contribution in [2.45, 2.75) is 38.6 Å². The van der Waals surface area contributed by atoms with E-state index in [1.165, 1.54) is 0 Å². The summed E-state index contributed by atoms with van der Waals surface area (Å²) < 4.78 is 32.4. The summed E-state index contributed by atoms with van der Waals surface area (Å²) in [7, 11) is 0. The minimum absolute atomic E-state index is 0.0935. The van der Waals surface area contributed by atoms with Crippen molar-refractivity contribution in [3.05, 3.63) is 65.2 Å². The van der Waals surface area contributed by atoms with Crippen LogP contribution in [-0.4, -0.2) is 43.5 Å². The summed E-state index contributed by atoms with van der Waals surface area (Å²) in [5, 5.41) is 3.83. The number of nitrogens with zero attached hydrogens (tertiary/aromatic N) is 4. The number of likely N-dealkylation sites (tertiary alicyclic amines) is 1. The van der Waals surface area contributed by atoms with Crippen LogP contribution in [0.5, 0.6) is 0 Å². The maximum Gasteiger partial charge on any atom is 0.258 e. The zero-order chi connectivity index (χ0) is 22.2. The number of H-pyrrole nitrogens is 1. The highest BCUT2D eigenvalue weighted by Crippen LogP contribution is 2.28. The maximum absolute atomic E-state index is 13.6. The van der Waals surface area contributed by atoms with Crippen molar-refractivity contribution in [3.8, 4) is 11.5 Å². The van der Waals surface area contributed by atoms with E-state index in [-0.39, 0.29) is 11.9 Å². The van der Waals surface area contributed by atoms with Gasteiger partial charge in [-0.05, 0) is 38.3 Å². The fourth-order valence-electron chi connectivity index (χ4n) is 4.28. The molecule has 1 amide bonds. The van der Waals surface area contributed by atoms with Crippen LogP contribution >= 0.6 is 0 Å². The van der Waals surface area contributed by atoms with Gasteiger partial charge in [-0.1, -0.05) is 17.3 Å². The first-order valence-electron chi connectivity index (χ1n) is 10.5. The van der Waals surface area contributed by atoms with E-state index in [1.807, 2.05) is 11.0 Å². The fraction of sp³-hybridized carbons (Fsp3) is 0.304. The van der Waals surface area contributed by atoms with Gasteiger partial charge in [0.15, 0.2) is 17.5 Å². The Labute approximate surface area is 182 Å². The Hall–Kier alpha value is -3.62. The second-order valence-corrected chi connectivity index (χ2v) is 8.01. The van der Waals surface area contributed by atoms with Crippen molar-refractivity contribution in [1.82, 2.24) is 25.0 Å². The molecule has 32 heavy (non-hydrogen) atoms. The Bertz CT molecular complexity index is 1260. The molecule has 7 nitrogen and oxygen atoms in total. The quantitative estimate of drug-likeness (QED) is 0.510. The first kappa shape index (κ1) is 20.3. The molecule has 1 atom stereocenters.